The molecule has 0 rings (SSSR count). The Hall–Kier alpha value is -2.65. The van der Waals surface area contributed by atoms with E-state index in [4.69, 9.17) is 19.3 Å². The Morgan fingerprint density at radius 3 is 1.45 bits per heavy atom. The SMILES string of the molecule is COC(=O)C(C)CC(CC(CC(CCC(=O)O)C(=O)OC)C(=O)OC)C(=O)OC. The van der Waals surface area contributed by atoms with Crippen LogP contribution in [0.4, 0.5) is 0 Å². The average Bonchev–Trinajstić information content (AvgIpc) is 2.71. The number of esters is 4. The monoisotopic (exact) mass is 418 g/mol. The van der Waals surface area contributed by atoms with E-state index in [1.807, 2.05) is 0 Å². The first-order chi connectivity index (χ1) is 13.6. The normalized spacial score (nSPS) is 14.7. The van der Waals surface area contributed by atoms with Gasteiger partial charge in [0.25, 0.3) is 0 Å². The number of hydrogen-bond donors (Lipinski definition) is 1. The van der Waals surface area contributed by atoms with Crippen LogP contribution in [0, 0.1) is 23.7 Å². The quantitative estimate of drug-likeness (QED) is 0.342. The average molecular weight is 418 g/mol. The van der Waals surface area contributed by atoms with E-state index >= 15 is 0 Å². The fourth-order valence-corrected chi connectivity index (χ4v) is 3.12. The minimum atomic E-state index is -1.09. The van der Waals surface area contributed by atoms with Gasteiger partial charge in [0.1, 0.15) is 0 Å². The summed E-state index contributed by atoms with van der Waals surface area (Å²) < 4.78 is 18.9. The maximum atomic E-state index is 12.3. The summed E-state index contributed by atoms with van der Waals surface area (Å²) in [7, 11) is 4.75. The van der Waals surface area contributed by atoms with Gasteiger partial charge in [0.2, 0.25) is 0 Å². The summed E-state index contributed by atoms with van der Waals surface area (Å²) in [5, 5.41) is 8.88. The molecule has 10 heteroatoms. The van der Waals surface area contributed by atoms with Crippen molar-refractivity contribution in [3.05, 3.63) is 0 Å². The zero-order valence-corrected chi connectivity index (χ0v) is 17.5. The van der Waals surface area contributed by atoms with Crippen LogP contribution in [-0.2, 0) is 42.9 Å². The summed E-state index contributed by atoms with van der Waals surface area (Å²) in [6.07, 6.45) is -0.344. The molecule has 0 aromatic heterocycles. The fraction of sp³-hybridized carbons (Fsp3) is 0.737. The lowest BCUT2D eigenvalue weighted by Crippen LogP contribution is -2.31. The van der Waals surface area contributed by atoms with Gasteiger partial charge in [-0.2, -0.15) is 0 Å². The van der Waals surface area contributed by atoms with Crippen molar-refractivity contribution in [2.24, 2.45) is 23.7 Å². The van der Waals surface area contributed by atoms with E-state index in [1.54, 1.807) is 6.92 Å². The summed E-state index contributed by atoms with van der Waals surface area (Å²) in [6.45, 7) is 1.58. The van der Waals surface area contributed by atoms with Crippen LogP contribution in [0.1, 0.15) is 39.0 Å². The Balaban J connectivity index is 5.53. The largest absolute Gasteiger partial charge is 0.481 e. The molecule has 0 heterocycles. The molecule has 10 nitrogen and oxygen atoms in total. The van der Waals surface area contributed by atoms with Crippen molar-refractivity contribution in [3.63, 3.8) is 0 Å². The number of aliphatic carboxylic acids is 1. The van der Waals surface area contributed by atoms with E-state index in [1.165, 1.54) is 28.4 Å². The number of methoxy groups -OCH3 is 4. The summed E-state index contributed by atoms with van der Waals surface area (Å²) >= 11 is 0. The lowest BCUT2D eigenvalue weighted by Gasteiger charge is -2.24. The molecule has 0 saturated carbocycles. The topological polar surface area (TPSA) is 143 Å². The van der Waals surface area contributed by atoms with Crippen LogP contribution >= 0.6 is 0 Å². The highest BCUT2D eigenvalue weighted by Gasteiger charge is 2.35. The number of rotatable bonds is 13. The third kappa shape index (κ3) is 9.40. The van der Waals surface area contributed by atoms with Gasteiger partial charge >= 0.3 is 29.8 Å². The number of carbonyl (C=O) groups excluding carboxylic acids is 4. The van der Waals surface area contributed by atoms with Gasteiger partial charge in [0.05, 0.1) is 52.1 Å². The number of hydrogen-bond acceptors (Lipinski definition) is 9. The predicted octanol–water partition coefficient (Wildman–Crippen LogP) is 1.20. The number of carboxylic acid groups (broad SMARTS) is 1. The molecule has 0 fully saturated rings. The minimum absolute atomic E-state index is 0.0308. The zero-order chi connectivity index (χ0) is 22.6. The Bertz CT molecular complexity index is 586. The summed E-state index contributed by atoms with van der Waals surface area (Å²) in [4.78, 5) is 59.1. The van der Waals surface area contributed by atoms with Crippen molar-refractivity contribution in [1.82, 2.24) is 0 Å². The molecule has 0 amide bonds. The number of carboxylic acids is 1. The molecule has 0 aliphatic heterocycles. The van der Waals surface area contributed by atoms with Gasteiger partial charge in [0.15, 0.2) is 0 Å². The Morgan fingerprint density at radius 2 is 1.03 bits per heavy atom. The van der Waals surface area contributed by atoms with Crippen molar-refractivity contribution in [2.45, 2.75) is 39.0 Å². The van der Waals surface area contributed by atoms with E-state index in [9.17, 15) is 24.0 Å². The Morgan fingerprint density at radius 1 is 0.655 bits per heavy atom. The van der Waals surface area contributed by atoms with E-state index in [0.29, 0.717) is 0 Å². The molecule has 0 radical (unpaired) electrons. The van der Waals surface area contributed by atoms with Crippen molar-refractivity contribution < 1.29 is 48.0 Å². The molecule has 0 bridgehead atoms. The molecule has 29 heavy (non-hydrogen) atoms. The van der Waals surface area contributed by atoms with Crippen LogP contribution in [0.2, 0.25) is 0 Å². The Labute approximate surface area is 169 Å². The van der Waals surface area contributed by atoms with Crippen LogP contribution in [0.3, 0.4) is 0 Å². The van der Waals surface area contributed by atoms with Crippen LogP contribution in [0.15, 0.2) is 0 Å². The number of ether oxygens (including phenoxy) is 4. The van der Waals surface area contributed by atoms with Crippen LogP contribution in [0.5, 0.6) is 0 Å². The molecule has 166 valence electrons. The highest BCUT2D eigenvalue weighted by Crippen LogP contribution is 2.29. The molecule has 0 spiro atoms. The van der Waals surface area contributed by atoms with E-state index in [0.717, 1.165) is 0 Å². The van der Waals surface area contributed by atoms with Crippen molar-refractivity contribution in [2.75, 3.05) is 28.4 Å². The van der Waals surface area contributed by atoms with Gasteiger partial charge in [-0.25, -0.2) is 0 Å². The third-order valence-electron chi connectivity index (χ3n) is 4.69. The van der Waals surface area contributed by atoms with Crippen LogP contribution < -0.4 is 0 Å². The first-order valence-electron chi connectivity index (χ1n) is 9.14. The molecule has 0 saturated heterocycles. The van der Waals surface area contributed by atoms with Gasteiger partial charge in [-0.3, -0.25) is 24.0 Å². The van der Waals surface area contributed by atoms with E-state index in [-0.39, 0.29) is 32.1 Å². The highest BCUT2D eigenvalue weighted by atomic mass is 16.5. The molecular formula is C19H30O10. The van der Waals surface area contributed by atoms with Crippen molar-refractivity contribution in [1.29, 1.82) is 0 Å². The smallest absolute Gasteiger partial charge is 0.308 e. The molecule has 0 aliphatic carbocycles. The summed E-state index contributed by atoms with van der Waals surface area (Å²) in [6, 6.07) is 0. The molecule has 0 aliphatic rings. The molecule has 1 N–H and O–H groups in total. The first-order valence-corrected chi connectivity index (χ1v) is 9.14. The van der Waals surface area contributed by atoms with Crippen molar-refractivity contribution in [3.8, 4) is 0 Å². The number of carbonyl (C=O) groups is 5. The van der Waals surface area contributed by atoms with Crippen LogP contribution in [-0.4, -0.2) is 63.4 Å². The minimum Gasteiger partial charge on any atom is -0.481 e. The first kappa shape index (κ1) is 26.4. The summed E-state index contributed by atoms with van der Waals surface area (Å²) in [5.41, 5.74) is 0. The zero-order valence-electron chi connectivity index (χ0n) is 17.5. The fourth-order valence-electron chi connectivity index (χ4n) is 3.12. The van der Waals surface area contributed by atoms with Gasteiger partial charge in [-0.15, -0.1) is 0 Å². The highest BCUT2D eigenvalue weighted by molar-refractivity contribution is 5.79. The third-order valence-corrected chi connectivity index (χ3v) is 4.69. The van der Waals surface area contributed by atoms with Crippen LogP contribution in [0.25, 0.3) is 0 Å². The second-order valence-corrected chi connectivity index (χ2v) is 6.72. The predicted molar refractivity (Wildman–Crippen MR) is 98.4 cm³/mol. The van der Waals surface area contributed by atoms with E-state index < -0.39 is 53.5 Å². The molecule has 4 unspecified atom stereocenters. The van der Waals surface area contributed by atoms with Gasteiger partial charge in [-0.1, -0.05) is 6.92 Å². The van der Waals surface area contributed by atoms with Gasteiger partial charge < -0.3 is 24.1 Å². The lowest BCUT2D eigenvalue weighted by atomic mass is 9.82. The van der Waals surface area contributed by atoms with Crippen molar-refractivity contribution >= 4 is 29.8 Å². The second-order valence-electron chi connectivity index (χ2n) is 6.72. The van der Waals surface area contributed by atoms with Gasteiger partial charge in [0, 0.05) is 6.42 Å². The maximum absolute atomic E-state index is 12.3. The molecule has 0 aromatic rings. The molecule has 0 aromatic carbocycles. The Kier molecular flexibility index (Phi) is 12.3. The summed E-state index contributed by atoms with van der Waals surface area (Å²) in [5.74, 6) is -6.73. The standard InChI is InChI=1S/C19H30O10/c1-11(16(22)26-2)8-13(18(24)28-4)10-14(19(25)29-5)9-12(17(23)27-3)6-7-15(20)21/h11-14H,6-10H2,1-5H3,(H,20,21). The van der Waals surface area contributed by atoms with Gasteiger partial charge in [-0.05, 0) is 25.7 Å². The van der Waals surface area contributed by atoms with E-state index in [2.05, 4.69) is 4.74 Å². The maximum Gasteiger partial charge on any atom is 0.308 e. The lowest BCUT2D eigenvalue weighted by molar-refractivity contribution is -0.152. The molecule has 4 atom stereocenters. The second kappa shape index (κ2) is 13.5. The molecular weight excluding hydrogens is 388 g/mol.